The van der Waals surface area contributed by atoms with Crippen LogP contribution in [-0.4, -0.2) is 52.5 Å². The monoisotopic (exact) mass is 357 g/mol. The summed E-state index contributed by atoms with van der Waals surface area (Å²) in [6.45, 7) is 1.42. The number of amides is 2. The predicted octanol–water partition coefficient (Wildman–Crippen LogP) is 1.15. The number of ether oxygens (including phenoxy) is 1. The molecule has 2 aliphatic rings. The number of aromatic nitrogens is 3. The van der Waals surface area contributed by atoms with Crippen LogP contribution in [0.25, 0.3) is 11.0 Å². The van der Waals surface area contributed by atoms with Gasteiger partial charge in [-0.1, -0.05) is 0 Å². The van der Waals surface area contributed by atoms with Crippen LogP contribution in [0.2, 0.25) is 0 Å². The molecule has 138 valence electrons. The fourth-order valence-electron chi connectivity index (χ4n) is 3.76. The van der Waals surface area contributed by atoms with Crippen LogP contribution in [0.3, 0.4) is 0 Å². The third-order valence-electron chi connectivity index (χ3n) is 5.28. The molecule has 0 unspecified atom stereocenters. The summed E-state index contributed by atoms with van der Waals surface area (Å²) in [5.74, 6) is -0.0516. The Bertz CT molecular complexity index is 799. The second-order valence-electron chi connectivity index (χ2n) is 7.10. The average molecular weight is 357 g/mol. The van der Waals surface area contributed by atoms with Gasteiger partial charge in [0.2, 0.25) is 5.91 Å². The zero-order valence-electron chi connectivity index (χ0n) is 14.5. The molecule has 0 bridgehead atoms. The highest BCUT2D eigenvalue weighted by Crippen LogP contribution is 2.26. The number of H-pyrrole nitrogens is 1. The zero-order valence-corrected chi connectivity index (χ0v) is 14.5. The van der Waals surface area contributed by atoms with Crippen molar-refractivity contribution in [2.75, 3.05) is 13.2 Å². The van der Waals surface area contributed by atoms with Crippen molar-refractivity contribution in [3.05, 3.63) is 23.8 Å². The molecule has 3 N–H and O–H groups in total. The molecule has 0 radical (unpaired) electrons. The Hall–Kier alpha value is -2.48. The molecule has 4 rings (SSSR count). The highest BCUT2D eigenvalue weighted by Gasteiger charge is 2.32. The topological polar surface area (TPSA) is 109 Å². The first-order chi connectivity index (χ1) is 12.7. The van der Waals surface area contributed by atoms with Gasteiger partial charge in [-0.25, -0.2) is 0 Å². The van der Waals surface area contributed by atoms with Crippen LogP contribution in [0.5, 0.6) is 0 Å². The first-order valence-corrected chi connectivity index (χ1v) is 9.18. The highest BCUT2D eigenvalue weighted by molar-refractivity contribution is 5.97. The Balaban J connectivity index is 1.30. The van der Waals surface area contributed by atoms with E-state index >= 15 is 0 Å². The Morgan fingerprint density at radius 1 is 1.00 bits per heavy atom. The van der Waals surface area contributed by atoms with Crippen molar-refractivity contribution in [3.63, 3.8) is 0 Å². The molecular formula is C18H23N5O3. The minimum atomic E-state index is -0.134. The third-order valence-corrected chi connectivity index (χ3v) is 5.28. The van der Waals surface area contributed by atoms with Gasteiger partial charge in [-0.3, -0.25) is 9.59 Å². The lowest BCUT2D eigenvalue weighted by atomic mass is 10.0. The fourth-order valence-corrected chi connectivity index (χ4v) is 3.76. The molecule has 2 aromatic rings. The summed E-state index contributed by atoms with van der Waals surface area (Å²) in [6.07, 6.45) is 4.07. The summed E-state index contributed by atoms with van der Waals surface area (Å²) in [6, 6.07) is 5.48. The summed E-state index contributed by atoms with van der Waals surface area (Å²) in [7, 11) is 0. The minimum Gasteiger partial charge on any atom is -0.381 e. The number of hydrogen-bond donors (Lipinski definition) is 3. The van der Waals surface area contributed by atoms with Crippen LogP contribution in [0, 0.1) is 5.92 Å². The lowest BCUT2D eigenvalue weighted by molar-refractivity contribution is -0.126. The number of nitrogens with zero attached hydrogens (tertiary/aromatic N) is 2. The van der Waals surface area contributed by atoms with Crippen molar-refractivity contribution in [2.24, 2.45) is 5.92 Å². The van der Waals surface area contributed by atoms with E-state index < -0.39 is 0 Å². The van der Waals surface area contributed by atoms with Crippen LogP contribution in [0.15, 0.2) is 18.2 Å². The lowest BCUT2D eigenvalue weighted by Gasteiger charge is -2.24. The molecule has 1 saturated carbocycles. The first-order valence-electron chi connectivity index (χ1n) is 9.18. The van der Waals surface area contributed by atoms with Gasteiger partial charge in [0.1, 0.15) is 11.0 Å². The fraction of sp³-hybridized carbons (Fsp3) is 0.556. The molecule has 8 heteroatoms. The lowest BCUT2D eigenvalue weighted by Crippen LogP contribution is -2.42. The molecule has 2 heterocycles. The molecule has 2 fully saturated rings. The number of carbonyl (C=O) groups excluding carboxylic acids is 2. The molecule has 1 aromatic heterocycles. The van der Waals surface area contributed by atoms with Crippen molar-refractivity contribution in [1.82, 2.24) is 26.0 Å². The number of hydrogen-bond acceptors (Lipinski definition) is 5. The van der Waals surface area contributed by atoms with Crippen molar-refractivity contribution in [3.8, 4) is 0 Å². The van der Waals surface area contributed by atoms with E-state index in [0.717, 1.165) is 31.2 Å². The smallest absolute Gasteiger partial charge is 0.251 e. The summed E-state index contributed by atoms with van der Waals surface area (Å²) in [5, 5.41) is 16.7. The maximum absolute atomic E-state index is 12.5. The number of nitrogens with one attached hydrogen (secondary N) is 3. The van der Waals surface area contributed by atoms with Gasteiger partial charge in [0.15, 0.2) is 0 Å². The summed E-state index contributed by atoms with van der Waals surface area (Å²) in [4.78, 5) is 24.9. The van der Waals surface area contributed by atoms with Gasteiger partial charge in [-0.15, -0.1) is 0 Å². The van der Waals surface area contributed by atoms with E-state index in [1.165, 1.54) is 0 Å². The minimum absolute atomic E-state index is 0.0267. The number of rotatable bonds is 4. The SMILES string of the molecule is O=C(N[C@@H]1CC[C@H](C(=O)NC2CCOCC2)C1)c1ccc2n[nH]nc2c1. The van der Waals surface area contributed by atoms with E-state index in [-0.39, 0.29) is 29.8 Å². The van der Waals surface area contributed by atoms with Crippen molar-refractivity contribution in [2.45, 2.75) is 44.2 Å². The van der Waals surface area contributed by atoms with Crippen molar-refractivity contribution in [1.29, 1.82) is 0 Å². The Morgan fingerprint density at radius 3 is 2.65 bits per heavy atom. The van der Waals surface area contributed by atoms with Crippen LogP contribution >= 0.6 is 0 Å². The number of benzene rings is 1. The number of fused-ring (bicyclic) bond motifs is 1. The van der Waals surface area contributed by atoms with E-state index in [2.05, 4.69) is 26.0 Å². The Labute approximate surface area is 151 Å². The predicted molar refractivity (Wildman–Crippen MR) is 94.5 cm³/mol. The maximum Gasteiger partial charge on any atom is 0.251 e. The Kier molecular flexibility index (Phi) is 4.83. The molecule has 0 spiro atoms. The number of aromatic amines is 1. The molecule has 1 saturated heterocycles. The van der Waals surface area contributed by atoms with E-state index in [1.54, 1.807) is 18.2 Å². The molecule has 1 aliphatic carbocycles. The van der Waals surface area contributed by atoms with E-state index in [1.807, 2.05) is 0 Å². The summed E-state index contributed by atoms with van der Waals surface area (Å²) in [5.41, 5.74) is 1.95. The molecule has 2 atom stereocenters. The van der Waals surface area contributed by atoms with Gasteiger partial charge in [-0.2, -0.15) is 15.4 Å². The largest absolute Gasteiger partial charge is 0.381 e. The van der Waals surface area contributed by atoms with Crippen molar-refractivity contribution < 1.29 is 14.3 Å². The van der Waals surface area contributed by atoms with E-state index in [9.17, 15) is 9.59 Å². The maximum atomic E-state index is 12.5. The third kappa shape index (κ3) is 3.70. The zero-order chi connectivity index (χ0) is 17.9. The standard InChI is InChI=1S/C18H23N5O3/c24-17(19-13-5-7-26-8-6-13)11-1-3-14(9-11)20-18(25)12-2-4-15-16(10-12)22-23-21-15/h2,4,10-11,13-14H,1,3,5-9H2,(H,19,24)(H,20,25)(H,21,22,23)/t11-,14+/m0/s1. The Morgan fingerprint density at radius 2 is 1.81 bits per heavy atom. The molecule has 2 amide bonds. The molecule has 1 aliphatic heterocycles. The first kappa shape index (κ1) is 17.0. The molecule has 8 nitrogen and oxygen atoms in total. The van der Waals surface area contributed by atoms with Gasteiger partial charge in [-0.05, 0) is 50.3 Å². The van der Waals surface area contributed by atoms with Gasteiger partial charge in [0, 0.05) is 36.8 Å². The normalized spacial score (nSPS) is 23.8. The van der Waals surface area contributed by atoms with Crippen LogP contribution in [0.4, 0.5) is 0 Å². The van der Waals surface area contributed by atoms with Gasteiger partial charge in [0.25, 0.3) is 5.91 Å². The van der Waals surface area contributed by atoms with E-state index in [4.69, 9.17) is 4.74 Å². The van der Waals surface area contributed by atoms with Crippen LogP contribution in [0.1, 0.15) is 42.5 Å². The van der Waals surface area contributed by atoms with Crippen LogP contribution < -0.4 is 10.6 Å². The second kappa shape index (κ2) is 7.41. The quantitative estimate of drug-likeness (QED) is 0.761. The molecule has 26 heavy (non-hydrogen) atoms. The van der Waals surface area contributed by atoms with E-state index in [0.29, 0.717) is 30.7 Å². The van der Waals surface area contributed by atoms with Gasteiger partial charge >= 0.3 is 0 Å². The molecule has 1 aromatic carbocycles. The number of carbonyl (C=O) groups is 2. The molecular weight excluding hydrogens is 334 g/mol. The van der Waals surface area contributed by atoms with Gasteiger partial charge < -0.3 is 15.4 Å². The van der Waals surface area contributed by atoms with Crippen molar-refractivity contribution >= 4 is 22.8 Å². The highest BCUT2D eigenvalue weighted by atomic mass is 16.5. The van der Waals surface area contributed by atoms with Crippen LogP contribution in [-0.2, 0) is 9.53 Å². The second-order valence-corrected chi connectivity index (χ2v) is 7.10. The summed E-state index contributed by atoms with van der Waals surface area (Å²) >= 11 is 0. The summed E-state index contributed by atoms with van der Waals surface area (Å²) < 4.78 is 5.32. The van der Waals surface area contributed by atoms with Gasteiger partial charge in [0.05, 0.1) is 0 Å². The average Bonchev–Trinajstić information content (AvgIpc) is 3.31.